The standard InChI is InChI=1S/C25H22Cl2N2/c1-15-5-8-20(17(3)11-15)23-14-25(21-9-6-16(2)12-18(21)4)29(28-23)24-10-7-19(26)13-22(24)27/h5-14H,1-4H3. The first-order valence-electron chi connectivity index (χ1n) is 9.54. The van der Waals surface area contributed by atoms with Crippen molar-refractivity contribution in [1.29, 1.82) is 0 Å². The predicted octanol–water partition coefficient (Wildman–Crippen LogP) is 7.75. The maximum absolute atomic E-state index is 6.55. The molecule has 1 aromatic heterocycles. The van der Waals surface area contributed by atoms with Crippen LogP contribution in [0.1, 0.15) is 22.3 Å². The van der Waals surface area contributed by atoms with Gasteiger partial charge >= 0.3 is 0 Å². The monoisotopic (exact) mass is 420 g/mol. The summed E-state index contributed by atoms with van der Waals surface area (Å²) in [5, 5.41) is 6.13. The van der Waals surface area contributed by atoms with Crippen molar-refractivity contribution in [3.63, 3.8) is 0 Å². The maximum atomic E-state index is 6.55. The van der Waals surface area contributed by atoms with E-state index in [1.807, 2.05) is 16.8 Å². The van der Waals surface area contributed by atoms with Crippen molar-refractivity contribution >= 4 is 23.2 Å². The lowest BCUT2D eigenvalue weighted by atomic mass is 10.00. The van der Waals surface area contributed by atoms with Gasteiger partial charge in [0.05, 0.1) is 22.1 Å². The second kappa shape index (κ2) is 7.70. The zero-order valence-electron chi connectivity index (χ0n) is 16.9. The van der Waals surface area contributed by atoms with Crippen LogP contribution in [0.2, 0.25) is 10.0 Å². The third kappa shape index (κ3) is 3.83. The van der Waals surface area contributed by atoms with Crippen molar-refractivity contribution in [1.82, 2.24) is 9.78 Å². The van der Waals surface area contributed by atoms with Gasteiger partial charge in [0.1, 0.15) is 0 Å². The normalized spacial score (nSPS) is 11.1. The fraction of sp³-hybridized carbons (Fsp3) is 0.160. The number of aromatic nitrogens is 2. The van der Waals surface area contributed by atoms with Crippen LogP contribution in [0.3, 0.4) is 0 Å². The first kappa shape index (κ1) is 19.8. The van der Waals surface area contributed by atoms with E-state index in [-0.39, 0.29) is 0 Å². The van der Waals surface area contributed by atoms with E-state index in [1.54, 1.807) is 6.07 Å². The molecule has 1 heterocycles. The van der Waals surface area contributed by atoms with E-state index >= 15 is 0 Å². The van der Waals surface area contributed by atoms with Crippen molar-refractivity contribution in [2.75, 3.05) is 0 Å². The molecule has 0 radical (unpaired) electrons. The molecule has 0 aliphatic rings. The lowest BCUT2D eigenvalue weighted by Crippen LogP contribution is -2.01. The number of hydrogen-bond acceptors (Lipinski definition) is 1. The van der Waals surface area contributed by atoms with Gasteiger partial charge in [-0.05, 0) is 63.1 Å². The van der Waals surface area contributed by atoms with Gasteiger partial charge in [0, 0.05) is 16.1 Å². The smallest absolute Gasteiger partial charge is 0.0936 e. The molecule has 0 aliphatic heterocycles. The van der Waals surface area contributed by atoms with Crippen molar-refractivity contribution in [2.24, 2.45) is 0 Å². The Morgan fingerprint density at radius 2 is 1.31 bits per heavy atom. The fourth-order valence-corrected chi connectivity index (χ4v) is 4.23. The number of aryl methyl sites for hydroxylation is 4. The minimum atomic E-state index is 0.568. The van der Waals surface area contributed by atoms with Gasteiger partial charge in [-0.2, -0.15) is 5.10 Å². The Balaban J connectivity index is 1.98. The minimum absolute atomic E-state index is 0.568. The number of benzene rings is 3. The SMILES string of the molecule is Cc1ccc(-c2cc(-c3ccc(C)cc3C)n(-c3ccc(Cl)cc3Cl)n2)c(C)c1. The molecule has 0 saturated heterocycles. The predicted molar refractivity (Wildman–Crippen MR) is 123 cm³/mol. The molecule has 0 fully saturated rings. The second-order valence-electron chi connectivity index (χ2n) is 7.56. The Labute approximate surface area is 181 Å². The summed E-state index contributed by atoms with van der Waals surface area (Å²) in [6.07, 6.45) is 0. The highest BCUT2D eigenvalue weighted by molar-refractivity contribution is 6.35. The molecule has 4 rings (SSSR count). The van der Waals surface area contributed by atoms with Crippen molar-refractivity contribution in [3.05, 3.63) is 93.0 Å². The molecule has 29 heavy (non-hydrogen) atoms. The van der Waals surface area contributed by atoms with Crippen LogP contribution in [-0.4, -0.2) is 9.78 Å². The quantitative estimate of drug-likeness (QED) is 0.331. The van der Waals surface area contributed by atoms with Gasteiger partial charge in [0.2, 0.25) is 0 Å². The van der Waals surface area contributed by atoms with Crippen molar-refractivity contribution < 1.29 is 0 Å². The Kier molecular flexibility index (Phi) is 5.24. The van der Waals surface area contributed by atoms with Crippen LogP contribution in [0.4, 0.5) is 0 Å². The minimum Gasteiger partial charge on any atom is -0.231 e. The third-order valence-corrected chi connectivity index (χ3v) is 5.70. The molecule has 4 heteroatoms. The summed E-state index contributed by atoms with van der Waals surface area (Å²) in [5.41, 5.74) is 9.84. The van der Waals surface area contributed by atoms with Crippen LogP contribution in [0, 0.1) is 27.7 Å². The zero-order valence-corrected chi connectivity index (χ0v) is 18.4. The molecule has 3 aromatic carbocycles. The van der Waals surface area contributed by atoms with Crippen LogP contribution < -0.4 is 0 Å². The molecule has 0 atom stereocenters. The molecule has 0 N–H and O–H groups in total. The number of rotatable bonds is 3. The molecular formula is C25H22Cl2N2. The number of nitrogens with zero attached hydrogens (tertiary/aromatic N) is 2. The van der Waals surface area contributed by atoms with E-state index in [1.165, 1.54) is 22.3 Å². The summed E-state index contributed by atoms with van der Waals surface area (Å²) in [4.78, 5) is 0. The van der Waals surface area contributed by atoms with E-state index in [0.717, 1.165) is 28.2 Å². The van der Waals surface area contributed by atoms with Gasteiger partial charge in [-0.1, -0.05) is 70.7 Å². The Bertz CT molecular complexity index is 1150. The lowest BCUT2D eigenvalue weighted by Gasteiger charge is -2.12. The lowest BCUT2D eigenvalue weighted by molar-refractivity contribution is 0.890. The van der Waals surface area contributed by atoms with Gasteiger partial charge in [0.15, 0.2) is 0 Å². The molecule has 0 spiro atoms. The van der Waals surface area contributed by atoms with E-state index in [0.29, 0.717) is 10.0 Å². The fourth-order valence-electron chi connectivity index (χ4n) is 3.74. The molecule has 0 amide bonds. The Hall–Kier alpha value is -2.55. The van der Waals surface area contributed by atoms with E-state index in [9.17, 15) is 0 Å². The van der Waals surface area contributed by atoms with Gasteiger partial charge < -0.3 is 0 Å². The van der Waals surface area contributed by atoms with Gasteiger partial charge in [-0.15, -0.1) is 0 Å². The molecule has 2 nitrogen and oxygen atoms in total. The van der Waals surface area contributed by atoms with E-state index < -0.39 is 0 Å². The zero-order chi connectivity index (χ0) is 20.7. The molecule has 0 saturated carbocycles. The maximum Gasteiger partial charge on any atom is 0.0936 e. The van der Waals surface area contributed by atoms with E-state index in [4.69, 9.17) is 28.3 Å². The average molecular weight is 421 g/mol. The molecule has 4 aromatic rings. The van der Waals surface area contributed by atoms with Crippen LogP contribution in [0.5, 0.6) is 0 Å². The topological polar surface area (TPSA) is 17.8 Å². The molecular weight excluding hydrogens is 399 g/mol. The largest absolute Gasteiger partial charge is 0.231 e. The summed E-state index contributed by atoms with van der Waals surface area (Å²) in [6.45, 7) is 8.45. The van der Waals surface area contributed by atoms with Gasteiger partial charge in [-0.25, -0.2) is 4.68 Å². The summed E-state index contributed by atoms with van der Waals surface area (Å²) in [6, 6.07) is 20.5. The highest BCUT2D eigenvalue weighted by Gasteiger charge is 2.17. The van der Waals surface area contributed by atoms with E-state index in [2.05, 4.69) is 70.2 Å². The first-order chi connectivity index (χ1) is 13.8. The summed E-state index contributed by atoms with van der Waals surface area (Å²) in [7, 11) is 0. The number of halogens is 2. The van der Waals surface area contributed by atoms with Crippen LogP contribution in [-0.2, 0) is 0 Å². The van der Waals surface area contributed by atoms with Crippen LogP contribution in [0.25, 0.3) is 28.2 Å². The molecule has 0 aliphatic carbocycles. The van der Waals surface area contributed by atoms with Crippen LogP contribution in [0.15, 0.2) is 60.7 Å². The van der Waals surface area contributed by atoms with Crippen LogP contribution >= 0.6 is 23.2 Å². The van der Waals surface area contributed by atoms with Gasteiger partial charge in [0.25, 0.3) is 0 Å². The Morgan fingerprint density at radius 3 is 1.90 bits per heavy atom. The van der Waals surface area contributed by atoms with Gasteiger partial charge in [-0.3, -0.25) is 0 Å². The molecule has 0 bridgehead atoms. The number of hydrogen-bond donors (Lipinski definition) is 0. The summed E-state index contributed by atoms with van der Waals surface area (Å²) in [5.74, 6) is 0. The summed E-state index contributed by atoms with van der Waals surface area (Å²) >= 11 is 12.7. The first-order valence-corrected chi connectivity index (χ1v) is 10.3. The molecule has 146 valence electrons. The average Bonchev–Trinajstić information content (AvgIpc) is 3.06. The molecule has 0 unspecified atom stereocenters. The summed E-state index contributed by atoms with van der Waals surface area (Å²) < 4.78 is 1.92. The van der Waals surface area contributed by atoms with Crippen molar-refractivity contribution in [2.45, 2.75) is 27.7 Å². The Morgan fingerprint density at radius 1 is 0.690 bits per heavy atom. The highest BCUT2D eigenvalue weighted by Crippen LogP contribution is 2.34. The second-order valence-corrected chi connectivity index (χ2v) is 8.40. The highest BCUT2D eigenvalue weighted by atomic mass is 35.5. The third-order valence-electron chi connectivity index (χ3n) is 5.16. The van der Waals surface area contributed by atoms with Crippen molar-refractivity contribution in [3.8, 4) is 28.2 Å².